The van der Waals surface area contributed by atoms with E-state index in [1.54, 1.807) is 0 Å². The van der Waals surface area contributed by atoms with Gasteiger partial charge in [0.05, 0.1) is 11.1 Å². The standard InChI is InChI=1S/C17H20ClNO/c1-10-13(18)9-8-12-15(17(2,3)20)11-6-4-5-7-14(11)19-16(10)12/h8-9,20H,4-7H2,1-3H3. The van der Waals surface area contributed by atoms with Gasteiger partial charge in [0, 0.05) is 16.1 Å². The van der Waals surface area contributed by atoms with Crippen LogP contribution in [0.2, 0.25) is 5.02 Å². The first-order valence-electron chi connectivity index (χ1n) is 7.23. The summed E-state index contributed by atoms with van der Waals surface area (Å²) in [7, 11) is 0. The minimum atomic E-state index is -0.858. The van der Waals surface area contributed by atoms with Crippen LogP contribution in [0, 0.1) is 6.92 Å². The summed E-state index contributed by atoms with van der Waals surface area (Å²) >= 11 is 6.23. The highest BCUT2D eigenvalue weighted by atomic mass is 35.5. The minimum Gasteiger partial charge on any atom is -0.386 e. The highest BCUT2D eigenvalue weighted by Gasteiger charge is 2.28. The third-order valence-electron chi connectivity index (χ3n) is 4.23. The number of aromatic nitrogens is 1. The number of aryl methyl sites for hydroxylation is 2. The molecule has 1 aromatic heterocycles. The third-order valence-corrected chi connectivity index (χ3v) is 4.64. The maximum Gasteiger partial charge on any atom is 0.0850 e. The molecule has 1 N–H and O–H groups in total. The van der Waals surface area contributed by atoms with Gasteiger partial charge in [-0.25, -0.2) is 0 Å². The first kappa shape index (κ1) is 13.8. The highest BCUT2D eigenvalue weighted by Crippen LogP contribution is 2.38. The monoisotopic (exact) mass is 289 g/mol. The smallest absolute Gasteiger partial charge is 0.0850 e. The molecule has 1 aliphatic carbocycles. The van der Waals surface area contributed by atoms with E-state index in [0.717, 1.165) is 45.6 Å². The molecular weight excluding hydrogens is 270 g/mol. The van der Waals surface area contributed by atoms with Crippen LogP contribution in [-0.2, 0) is 18.4 Å². The molecule has 1 heterocycles. The molecule has 0 saturated carbocycles. The number of halogens is 1. The van der Waals surface area contributed by atoms with E-state index in [4.69, 9.17) is 16.6 Å². The zero-order valence-corrected chi connectivity index (χ0v) is 13.0. The molecule has 0 aliphatic heterocycles. The van der Waals surface area contributed by atoms with E-state index in [0.29, 0.717) is 0 Å². The summed E-state index contributed by atoms with van der Waals surface area (Å²) in [5, 5.41) is 12.4. The summed E-state index contributed by atoms with van der Waals surface area (Å²) in [6.45, 7) is 5.72. The summed E-state index contributed by atoms with van der Waals surface area (Å²) < 4.78 is 0. The lowest BCUT2D eigenvalue weighted by Gasteiger charge is -2.28. The first-order valence-corrected chi connectivity index (χ1v) is 7.61. The Morgan fingerprint density at radius 2 is 1.90 bits per heavy atom. The number of pyridine rings is 1. The molecule has 0 bridgehead atoms. The van der Waals surface area contributed by atoms with Gasteiger partial charge < -0.3 is 5.11 Å². The molecule has 0 atom stereocenters. The van der Waals surface area contributed by atoms with Crippen molar-refractivity contribution in [2.75, 3.05) is 0 Å². The number of aliphatic hydroxyl groups is 1. The molecular formula is C17H20ClNO. The molecule has 0 fully saturated rings. The number of rotatable bonds is 1. The molecule has 2 aromatic rings. The van der Waals surface area contributed by atoms with Gasteiger partial charge in [0.1, 0.15) is 0 Å². The molecule has 2 nitrogen and oxygen atoms in total. The number of hydrogen-bond acceptors (Lipinski definition) is 2. The van der Waals surface area contributed by atoms with Gasteiger partial charge in [-0.3, -0.25) is 4.98 Å². The Morgan fingerprint density at radius 1 is 1.20 bits per heavy atom. The highest BCUT2D eigenvalue weighted by molar-refractivity contribution is 6.32. The van der Waals surface area contributed by atoms with E-state index in [1.807, 2.05) is 32.9 Å². The average molecular weight is 290 g/mol. The van der Waals surface area contributed by atoms with Crippen molar-refractivity contribution in [2.45, 2.75) is 52.1 Å². The lowest BCUT2D eigenvalue weighted by atomic mass is 9.83. The Balaban J connectivity index is 2.45. The average Bonchev–Trinajstić information content (AvgIpc) is 2.39. The molecule has 1 aliphatic rings. The molecule has 0 saturated heterocycles. The summed E-state index contributed by atoms with van der Waals surface area (Å²) in [6, 6.07) is 3.91. The largest absolute Gasteiger partial charge is 0.386 e. The van der Waals surface area contributed by atoms with Crippen molar-refractivity contribution < 1.29 is 5.11 Å². The van der Waals surface area contributed by atoms with Crippen molar-refractivity contribution in [2.24, 2.45) is 0 Å². The second-order valence-corrected chi connectivity index (χ2v) is 6.65. The summed E-state index contributed by atoms with van der Waals surface area (Å²) in [5.74, 6) is 0. The predicted octanol–water partition coefficient (Wildman–Crippen LogP) is 4.30. The van der Waals surface area contributed by atoms with E-state index >= 15 is 0 Å². The normalized spacial score (nSPS) is 15.4. The minimum absolute atomic E-state index is 0.738. The zero-order chi connectivity index (χ0) is 14.5. The number of benzene rings is 1. The van der Waals surface area contributed by atoms with E-state index in [1.165, 1.54) is 18.4 Å². The van der Waals surface area contributed by atoms with Gasteiger partial charge in [-0.2, -0.15) is 0 Å². The first-order chi connectivity index (χ1) is 9.39. The number of hydrogen-bond donors (Lipinski definition) is 1. The van der Waals surface area contributed by atoms with Gasteiger partial charge in [-0.05, 0) is 69.2 Å². The molecule has 0 spiro atoms. The topological polar surface area (TPSA) is 33.1 Å². The van der Waals surface area contributed by atoms with Crippen molar-refractivity contribution in [3.05, 3.63) is 39.5 Å². The predicted molar refractivity (Wildman–Crippen MR) is 83.4 cm³/mol. The molecule has 0 unspecified atom stereocenters. The Hall–Kier alpha value is -1.12. The van der Waals surface area contributed by atoms with Crippen LogP contribution in [0.15, 0.2) is 12.1 Å². The van der Waals surface area contributed by atoms with Gasteiger partial charge in [-0.15, -0.1) is 0 Å². The maximum atomic E-state index is 10.6. The molecule has 1 aromatic carbocycles. The lowest BCUT2D eigenvalue weighted by molar-refractivity contribution is 0.0789. The molecule has 0 amide bonds. The van der Waals surface area contributed by atoms with Crippen LogP contribution < -0.4 is 0 Å². The zero-order valence-electron chi connectivity index (χ0n) is 12.3. The van der Waals surface area contributed by atoms with Crippen LogP contribution in [0.5, 0.6) is 0 Å². The molecule has 20 heavy (non-hydrogen) atoms. The van der Waals surface area contributed by atoms with Crippen LogP contribution in [-0.4, -0.2) is 10.1 Å². The Kier molecular flexibility index (Phi) is 3.26. The summed E-state index contributed by atoms with van der Waals surface area (Å²) in [6.07, 6.45) is 4.37. The SMILES string of the molecule is Cc1c(Cl)ccc2c(C(C)(C)O)c3c(nc12)CCCC3. The van der Waals surface area contributed by atoms with E-state index in [9.17, 15) is 5.11 Å². The third kappa shape index (κ3) is 2.11. The second kappa shape index (κ2) is 4.71. The van der Waals surface area contributed by atoms with Gasteiger partial charge in [0.25, 0.3) is 0 Å². The van der Waals surface area contributed by atoms with Crippen LogP contribution >= 0.6 is 11.6 Å². The molecule has 106 valence electrons. The molecule has 0 radical (unpaired) electrons. The number of nitrogens with zero attached hydrogens (tertiary/aromatic N) is 1. The van der Waals surface area contributed by atoms with Crippen LogP contribution in [0.4, 0.5) is 0 Å². The Bertz CT molecular complexity index is 686. The second-order valence-electron chi connectivity index (χ2n) is 6.25. The Labute approximate surface area is 124 Å². The van der Waals surface area contributed by atoms with E-state index < -0.39 is 5.60 Å². The van der Waals surface area contributed by atoms with Gasteiger partial charge >= 0.3 is 0 Å². The fourth-order valence-corrected chi connectivity index (χ4v) is 3.45. The van der Waals surface area contributed by atoms with Gasteiger partial charge in [-0.1, -0.05) is 17.7 Å². The van der Waals surface area contributed by atoms with Crippen molar-refractivity contribution in [3.63, 3.8) is 0 Å². The van der Waals surface area contributed by atoms with Crippen LogP contribution in [0.25, 0.3) is 10.9 Å². The molecule has 3 rings (SSSR count). The lowest BCUT2D eigenvalue weighted by Crippen LogP contribution is -2.22. The van der Waals surface area contributed by atoms with Crippen LogP contribution in [0.3, 0.4) is 0 Å². The summed E-state index contributed by atoms with van der Waals surface area (Å²) in [5.41, 5.74) is 4.52. The van der Waals surface area contributed by atoms with Crippen molar-refractivity contribution in [3.8, 4) is 0 Å². The fraction of sp³-hybridized carbons (Fsp3) is 0.471. The maximum absolute atomic E-state index is 10.6. The van der Waals surface area contributed by atoms with Crippen molar-refractivity contribution in [1.82, 2.24) is 4.98 Å². The summed E-state index contributed by atoms with van der Waals surface area (Å²) in [4.78, 5) is 4.85. The van der Waals surface area contributed by atoms with E-state index in [2.05, 4.69) is 0 Å². The Morgan fingerprint density at radius 3 is 2.60 bits per heavy atom. The van der Waals surface area contributed by atoms with Crippen LogP contribution in [0.1, 0.15) is 49.1 Å². The number of fused-ring (bicyclic) bond motifs is 2. The quantitative estimate of drug-likeness (QED) is 0.849. The van der Waals surface area contributed by atoms with Gasteiger partial charge in [0.15, 0.2) is 0 Å². The van der Waals surface area contributed by atoms with Crippen molar-refractivity contribution >= 4 is 22.5 Å². The fourth-order valence-electron chi connectivity index (χ4n) is 3.30. The van der Waals surface area contributed by atoms with Crippen molar-refractivity contribution in [1.29, 1.82) is 0 Å². The van der Waals surface area contributed by atoms with Gasteiger partial charge in [0.2, 0.25) is 0 Å². The molecule has 3 heteroatoms. The van der Waals surface area contributed by atoms with E-state index in [-0.39, 0.29) is 0 Å².